The van der Waals surface area contributed by atoms with E-state index < -0.39 is 10.5 Å². The Morgan fingerprint density at radius 2 is 1.87 bits per heavy atom. The first-order chi connectivity index (χ1) is 14.8. The standard InChI is InChI=1S/C26H27NO4/c1-3-26(28)15-13-24-23-10-4-17-16-20(31-19-7-5-18(6-8-19)27(29)30)9-11-21(17)22(23)12-14-25(24,26)2/h1,5-9,11,16,22-24,28H,4,10,12-15H2,2H3/t22-,23+,24+,25-,26+/m1/s1. The zero-order valence-electron chi connectivity index (χ0n) is 17.7. The minimum atomic E-state index is -0.967. The number of hydrogen-bond acceptors (Lipinski definition) is 4. The van der Waals surface area contributed by atoms with E-state index in [0.717, 1.165) is 37.9 Å². The van der Waals surface area contributed by atoms with Gasteiger partial charge in [0.2, 0.25) is 0 Å². The minimum Gasteiger partial charge on any atom is -0.457 e. The molecular weight excluding hydrogens is 390 g/mol. The molecule has 5 nitrogen and oxygen atoms in total. The molecule has 0 heterocycles. The fourth-order valence-electron chi connectivity index (χ4n) is 6.65. The third kappa shape index (κ3) is 3.04. The van der Waals surface area contributed by atoms with Crippen molar-refractivity contribution >= 4 is 5.69 Å². The average Bonchev–Trinajstić information content (AvgIpc) is 3.05. The summed E-state index contributed by atoms with van der Waals surface area (Å²) in [7, 11) is 0. The van der Waals surface area contributed by atoms with Crippen molar-refractivity contribution in [1.29, 1.82) is 0 Å². The second kappa shape index (κ2) is 7.10. The number of aliphatic hydroxyl groups is 1. The largest absolute Gasteiger partial charge is 0.457 e. The predicted molar refractivity (Wildman–Crippen MR) is 118 cm³/mol. The van der Waals surface area contributed by atoms with Crippen LogP contribution in [0.1, 0.15) is 56.1 Å². The lowest BCUT2D eigenvalue weighted by Crippen LogP contribution is -2.50. The predicted octanol–water partition coefficient (Wildman–Crippen LogP) is 5.61. The van der Waals surface area contributed by atoms with Gasteiger partial charge in [0.15, 0.2) is 0 Å². The van der Waals surface area contributed by atoms with Crippen LogP contribution in [-0.4, -0.2) is 15.6 Å². The quantitative estimate of drug-likeness (QED) is 0.400. The number of hydrogen-bond donors (Lipinski definition) is 1. The first-order valence-corrected chi connectivity index (χ1v) is 11.1. The molecule has 0 radical (unpaired) electrons. The Kier molecular flexibility index (Phi) is 4.60. The summed E-state index contributed by atoms with van der Waals surface area (Å²) < 4.78 is 5.96. The average molecular weight is 418 g/mol. The Bertz CT molecular complexity index is 1070. The van der Waals surface area contributed by atoms with Crippen molar-refractivity contribution in [3.8, 4) is 23.8 Å². The van der Waals surface area contributed by atoms with Gasteiger partial charge < -0.3 is 9.84 Å². The smallest absolute Gasteiger partial charge is 0.269 e. The normalized spacial score (nSPS) is 33.5. The SMILES string of the molecule is C#C[C@]1(O)CC[C@H]2[C@H]3CCc4cc(Oc5ccc([N+](=O)[O-])cc5)ccc4[C@H]3CC[C@]21C. The molecular formula is C26H27NO4. The summed E-state index contributed by atoms with van der Waals surface area (Å²) in [5.74, 6) is 5.63. The van der Waals surface area contributed by atoms with Gasteiger partial charge in [-0.2, -0.15) is 0 Å². The van der Waals surface area contributed by atoms with Crippen LogP contribution in [0.3, 0.4) is 0 Å². The molecule has 2 aromatic carbocycles. The van der Waals surface area contributed by atoms with Crippen LogP contribution in [0.2, 0.25) is 0 Å². The van der Waals surface area contributed by atoms with Crippen LogP contribution in [0.15, 0.2) is 42.5 Å². The number of nitro groups is 1. The maximum absolute atomic E-state index is 11.1. The number of terminal acetylenes is 1. The Labute approximate surface area is 182 Å². The zero-order chi connectivity index (χ0) is 21.8. The van der Waals surface area contributed by atoms with Gasteiger partial charge in [-0.1, -0.05) is 18.9 Å². The molecule has 1 N–H and O–H groups in total. The van der Waals surface area contributed by atoms with Gasteiger partial charge >= 0.3 is 0 Å². The second-order valence-electron chi connectivity index (χ2n) is 9.63. The molecule has 0 spiro atoms. The van der Waals surface area contributed by atoms with Crippen LogP contribution in [0.25, 0.3) is 0 Å². The summed E-state index contributed by atoms with van der Waals surface area (Å²) in [6.45, 7) is 2.21. The summed E-state index contributed by atoms with van der Waals surface area (Å²) in [6, 6.07) is 12.5. The van der Waals surface area contributed by atoms with E-state index in [1.165, 1.54) is 23.3 Å². The minimum absolute atomic E-state index is 0.0526. The van der Waals surface area contributed by atoms with Gasteiger partial charge in [-0.15, -0.1) is 6.42 Å². The highest BCUT2D eigenvalue weighted by Crippen LogP contribution is 2.64. The van der Waals surface area contributed by atoms with Crippen molar-refractivity contribution in [1.82, 2.24) is 0 Å². The van der Waals surface area contributed by atoms with E-state index in [4.69, 9.17) is 11.2 Å². The van der Waals surface area contributed by atoms with Crippen molar-refractivity contribution in [2.24, 2.45) is 17.3 Å². The van der Waals surface area contributed by atoms with Gasteiger partial charge in [-0.3, -0.25) is 10.1 Å². The molecule has 2 saturated carbocycles. The molecule has 0 amide bonds. The lowest BCUT2D eigenvalue weighted by atomic mass is 9.53. The second-order valence-corrected chi connectivity index (χ2v) is 9.63. The van der Waals surface area contributed by atoms with Crippen LogP contribution in [0, 0.1) is 39.7 Å². The molecule has 5 rings (SSSR count). The highest BCUT2D eigenvalue weighted by molar-refractivity contribution is 5.44. The Hall–Kier alpha value is -2.84. The number of nitro benzene ring substituents is 1. The number of non-ortho nitro benzene ring substituents is 1. The molecule has 2 fully saturated rings. The fraction of sp³-hybridized carbons (Fsp3) is 0.462. The van der Waals surface area contributed by atoms with E-state index in [1.807, 2.05) is 6.07 Å². The molecule has 0 saturated heterocycles. The van der Waals surface area contributed by atoms with Gasteiger partial charge in [0, 0.05) is 17.5 Å². The molecule has 160 valence electrons. The molecule has 5 heteroatoms. The molecule has 3 aliphatic rings. The van der Waals surface area contributed by atoms with Crippen molar-refractivity contribution in [3.63, 3.8) is 0 Å². The van der Waals surface area contributed by atoms with Crippen molar-refractivity contribution in [2.45, 2.75) is 57.0 Å². The van der Waals surface area contributed by atoms with E-state index in [-0.39, 0.29) is 11.1 Å². The van der Waals surface area contributed by atoms with E-state index in [1.54, 1.807) is 12.1 Å². The molecule has 31 heavy (non-hydrogen) atoms. The molecule has 5 atom stereocenters. The van der Waals surface area contributed by atoms with Crippen molar-refractivity contribution < 1.29 is 14.8 Å². The van der Waals surface area contributed by atoms with Crippen LogP contribution in [0.5, 0.6) is 11.5 Å². The molecule has 0 unspecified atom stereocenters. The van der Waals surface area contributed by atoms with E-state index in [2.05, 4.69) is 25.0 Å². The maximum atomic E-state index is 11.1. The van der Waals surface area contributed by atoms with Gasteiger partial charge in [0.25, 0.3) is 5.69 Å². The number of aryl methyl sites for hydroxylation is 1. The highest BCUT2D eigenvalue weighted by Gasteiger charge is 2.61. The molecule has 3 aliphatic carbocycles. The fourth-order valence-corrected chi connectivity index (χ4v) is 6.65. The zero-order valence-corrected chi connectivity index (χ0v) is 17.7. The van der Waals surface area contributed by atoms with Crippen molar-refractivity contribution in [3.05, 3.63) is 63.7 Å². The topological polar surface area (TPSA) is 72.6 Å². The van der Waals surface area contributed by atoms with Gasteiger partial charge in [-0.25, -0.2) is 0 Å². The lowest BCUT2D eigenvalue weighted by Gasteiger charge is -2.52. The molecule has 0 bridgehead atoms. The first kappa shape index (κ1) is 20.1. The number of benzene rings is 2. The number of fused-ring (bicyclic) bond motifs is 5. The van der Waals surface area contributed by atoms with E-state index in [0.29, 0.717) is 29.9 Å². The van der Waals surface area contributed by atoms with Gasteiger partial charge in [0.1, 0.15) is 17.1 Å². The van der Waals surface area contributed by atoms with E-state index >= 15 is 0 Å². The van der Waals surface area contributed by atoms with E-state index in [9.17, 15) is 15.2 Å². The van der Waals surface area contributed by atoms with Crippen molar-refractivity contribution in [2.75, 3.05) is 0 Å². The summed E-state index contributed by atoms with van der Waals surface area (Å²) in [4.78, 5) is 10.4. The number of rotatable bonds is 3. The maximum Gasteiger partial charge on any atom is 0.269 e. The number of nitrogens with zero attached hydrogens (tertiary/aromatic N) is 1. The van der Waals surface area contributed by atoms with Crippen LogP contribution in [-0.2, 0) is 6.42 Å². The molecule has 2 aromatic rings. The first-order valence-electron chi connectivity index (χ1n) is 11.1. The number of ether oxygens (including phenoxy) is 1. The Balaban J connectivity index is 1.37. The van der Waals surface area contributed by atoms with Crippen LogP contribution in [0.4, 0.5) is 5.69 Å². The third-order valence-corrected chi connectivity index (χ3v) is 8.37. The lowest BCUT2D eigenvalue weighted by molar-refractivity contribution is -0.384. The summed E-state index contributed by atoms with van der Waals surface area (Å²) in [5.41, 5.74) is 1.64. The molecule has 0 aromatic heterocycles. The van der Waals surface area contributed by atoms with Crippen LogP contribution < -0.4 is 4.74 Å². The highest BCUT2D eigenvalue weighted by atomic mass is 16.6. The third-order valence-electron chi connectivity index (χ3n) is 8.37. The Morgan fingerprint density at radius 1 is 1.13 bits per heavy atom. The molecule has 0 aliphatic heterocycles. The van der Waals surface area contributed by atoms with Gasteiger partial charge in [-0.05, 0) is 91.7 Å². The summed E-state index contributed by atoms with van der Waals surface area (Å²) >= 11 is 0. The Morgan fingerprint density at radius 3 is 2.58 bits per heavy atom. The summed E-state index contributed by atoms with van der Waals surface area (Å²) in [5, 5.41) is 21.9. The summed E-state index contributed by atoms with van der Waals surface area (Å²) in [6.07, 6.45) is 11.6. The van der Waals surface area contributed by atoms with Gasteiger partial charge in [0.05, 0.1) is 4.92 Å². The monoisotopic (exact) mass is 417 g/mol. The van der Waals surface area contributed by atoms with Crippen LogP contribution >= 0.6 is 0 Å².